The molecule has 0 bridgehead atoms. The zero-order chi connectivity index (χ0) is 16.2. The first-order valence-electron chi connectivity index (χ1n) is 7.80. The van der Waals surface area contributed by atoms with Crippen LogP contribution in [0.15, 0.2) is 23.0 Å². The van der Waals surface area contributed by atoms with Gasteiger partial charge in [0.2, 0.25) is 0 Å². The lowest BCUT2D eigenvalue weighted by Crippen LogP contribution is -2.39. The van der Waals surface area contributed by atoms with Crippen LogP contribution in [0.1, 0.15) is 24.1 Å². The van der Waals surface area contributed by atoms with Crippen LogP contribution in [-0.4, -0.2) is 40.0 Å². The van der Waals surface area contributed by atoms with Gasteiger partial charge in [-0.3, -0.25) is 4.68 Å². The summed E-state index contributed by atoms with van der Waals surface area (Å²) >= 11 is 1.64. The number of carbonyl (C=O) groups is 1. The molecule has 0 radical (unpaired) electrons. The Hall–Kier alpha value is -1.86. The third kappa shape index (κ3) is 4.11. The van der Waals surface area contributed by atoms with Crippen LogP contribution in [0.3, 0.4) is 0 Å². The average molecular weight is 334 g/mol. The molecule has 2 aromatic rings. The summed E-state index contributed by atoms with van der Waals surface area (Å²) in [5.74, 6) is 0. The standard InChI is InChI=1S/C16H22N4O2S/c1-12-15(10-19(2)18-12)17-16(21)20(8-13-5-7-23-11-13)9-14-4-3-6-22-14/h5,7,10-11,14H,3-4,6,8-9H2,1-2H3,(H,17,21)/t14-/m0/s1. The zero-order valence-corrected chi connectivity index (χ0v) is 14.3. The first kappa shape index (κ1) is 16.0. The summed E-state index contributed by atoms with van der Waals surface area (Å²) in [7, 11) is 1.85. The Morgan fingerprint density at radius 1 is 1.61 bits per heavy atom. The van der Waals surface area contributed by atoms with Gasteiger partial charge in [-0.05, 0) is 42.2 Å². The molecule has 2 aromatic heterocycles. The second kappa shape index (κ2) is 7.14. The number of nitrogens with one attached hydrogen (secondary N) is 1. The SMILES string of the molecule is Cc1nn(C)cc1NC(=O)N(Cc1ccsc1)C[C@@H]1CCCO1. The average Bonchev–Trinajstić information content (AvgIpc) is 3.23. The molecule has 1 atom stereocenters. The fraction of sp³-hybridized carbons (Fsp3) is 0.500. The maximum absolute atomic E-state index is 12.7. The summed E-state index contributed by atoms with van der Waals surface area (Å²) < 4.78 is 7.40. The maximum atomic E-state index is 12.7. The molecule has 7 heteroatoms. The number of nitrogens with zero attached hydrogens (tertiary/aromatic N) is 3. The molecule has 2 amide bonds. The fourth-order valence-corrected chi connectivity index (χ4v) is 3.43. The molecule has 1 N–H and O–H groups in total. The van der Waals surface area contributed by atoms with Crippen LogP contribution in [-0.2, 0) is 18.3 Å². The summed E-state index contributed by atoms with van der Waals surface area (Å²) in [6.07, 6.45) is 4.04. The highest BCUT2D eigenvalue weighted by Crippen LogP contribution is 2.18. The lowest BCUT2D eigenvalue weighted by molar-refractivity contribution is 0.0819. The smallest absolute Gasteiger partial charge is 0.322 e. The Morgan fingerprint density at radius 3 is 3.09 bits per heavy atom. The molecule has 0 spiro atoms. The molecule has 0 aliphatic carbocycles. The van der Waals surface area contributed by atoms with Gasteiger partial charge in [0.25, 0.3) is 0 Å². The van der Waals surface area contributed by atoms with E-state index in [2.05, 4.69) is 21.9 Å². The number of aromatic nitrogens is 2. The molecule has 0 unspecified atom stereocenters. The van der Waals surface area contributed by atoms with Crippen molar-refractivity contribution in [2.45, 2.75) is 32.4 Å². The Labute approximate surface area is 140 Å². The number of hydrogen-bond donors (Lipinski definition) is 1. The third-order valence-corrected chi connectivity index (χ3v) is 4.68. The van der Waals surface area contributed by atoms with Crippen LogP contribution in [0, 0.1) is 6.92 Å². The number of ether oxygens (including phenoxy) is 1. The molecule has 3 heterocycles. The van der Waals surface area contributed by atoms with Crippen molar-refractivity contribution < 1.29 is 9.53 Å². The Morgan fingerprint density at radius 2 is 2.48 bits per heavy atom. The van der Waals surface area contributed by atoms with Crippen molar-refractivity contribution in [1.29, 1.82) is 0 Å². The number of carbonyl (C=O) groups excluding carboxylic acids is 1. The minimum atomic E-state index is -0.109. The molecular formula is C16H22N4O2S. The minimum absolute atomic E-state index is 0.109. The third-order valence-electron chi connectivity index (χ3n) is 3.94. The lowest BCUT2D eigenvalue weighted by atomic mass is 10.2. The summed E-state index contributed by atoms with van der Waals surface area (Å²) in [6.45, 7) is 3.88. The normalized spacial score (nSPS) is 17.4. The van der Waals surface area contributed by atoms with Crippen LogP contribution in [0.4, 0.5) is 10.5 Å². The van der Waals surface area contributed by atoms with Crippen molar-refractivity contribution in [3.63, 3.8) is 0 Å². The van der Waals surface area contributed by atoms with Gasteiger partial charge >= 0.3 is 6.03 Å². The molecule has 6 nitrogen and oxygen atoms in total. The van der Waals surface area contributed by atoms with Crippen LogP contribution in [0.25, 0.3) is 0 Å². The van der Waals surface area contributed by atoms with Crippen molar-refractivity contribution in [1.82, 2.24) is 14.7 Å². The van der Waals surface area contributed by atoms with Crippen molar-refractivity contribution in [2.24, 2.45) is 7.05 Å². The van der Waals surface area contributed by atoms with E-state index in [-0.39, 0.29) is 12.1 Å². The number of amides is 2. The van der Waals surface area contributed by atoms with E-state index in [4.69, 9.17) is 4.74 Å². The van der Waals surface area contributed by atoms with Gasteiger partial charge in [0, 0.05) is 32.9 Å². The molecule has 124 valence electrons. The lowest BCUT2D eigenvalue weighted by Gasteiger charge is -2.25. The van der Waals surface area contributed by atoms with E-state index in [1.54, 1.807) is 16.0 Å². The highest BCUT2D eigenvalue weighted by Gasteiger charge is 2.23. The summed E-state index contributed by atoms with van der Waals surface area (Å²) in [5, 5.41) is 11.3. The second-order valence-corrected chi connectivity index (χ2v) is 6.66. The summed E-state index contributed by atoms with van der Waals surface area (Å²) in [4.78, 5) is 14.5. The zero-order valence-electron chi connectivity index (χ0n) is 13.5. The van der Waals surface area contributed by atoms with Crippen LogP contribution in [0.2, 0.25) is 0 Å². The van der Waals surface area contributed by atoms with Gasteiger partial charge < -0.3 is 15.0 Å². The second-order valence-electron chi connectivity index (χ2n) is 5.88. The van der Waals surface area contributed by atoms with Gasteiger partial charge in [0.05, 0.1) is 17.5 Å². The highest BCUT2D eigenvalue weighted by atomic mass is 32.1. The van der Waals surface area contributed by atoms with E-state index < -0.39 is 0 Å². The highest BCUT2D eigenvalue weighted by molar-refractivity contribution is 7.07. The number of rotatable bonds is 5. The molecule has 1 saturated heterocycles. The molecule has 3 rings (SSSR count). The van der Waals surface area contributed by atoms with Crippen LogP contribution >= 0.6 is 11.3 Å². The van der Waals surface area contributed by atoms with E-state index in [9.17, 15) is 4.79 Å². The summed E-state index contributed by atoms with van der Waals surface area (Å²) in [5.41, 5.74) is 2.71. The topological polar surface area (TPSA) is 59.4 Å². The van der Waals surface area contributed by atoms with Crippen molar-refractivity contribution in [3.05, 3.63) is 34.3 Å². The van der Waals surface area contributed by atoms with E-state index in [0.717, 1.165) is 36.4 Å². The van der Waals surface area contributed by atoms with Crippen LogP contribution in [0.5, 0.6) is 0 Å². The molecule has 23 heavy (non-hydrogen) atoms. The summed E-state index contributed by atoms with van der Waals surface area (Å²) in [6, 6.07) is 1.94. The van der Waals surface area contributed by atoms with Crippen molar-refractivity contribution in [3.8, 4) is 0 Å². The molecule has 1 fully saturated rings. The molecule has 1 aliphatic rings. The molecule has 0 aromatic carbocycles. The number of urea groups is 1. The minimum Gasteiger partial charge on any atom is -0.376 e. The van der Waals surface area contributed by atoms with E-state index >= 15 is 0 Å². The fourth-order valence-electron chi connectivity index (χ4n) is 2.77. The molecule has 1 aliphatic heterocycles. The van der Waals surface area contributed by atoms with Crippen molar-refractivity contribution in [2.75, 3.05) is 18.5 Å². The van der Waals surface area contributed by atoms with E-state index in [1.807, 2.05) is 30.4 Å². The number of anilines is 1. The van der Waals surface area contributed by atoms with Gasteiger partial charge in [-0.2, -0.15) is 16.4 Å². The maximum Gasteiger partial charge on any atom is 0.322 e. The first-order valence-corrected chi connectivity index (χ1v) is 8.75. The quantitative estimate of drug-likeness (QED) is 0.914. The predicted octanol–water partition coefficient (Wildman–Crippen LogP) is 3.00. The number of aryl methyl sites for hydroxylation is 2. The van der Waals surface area contributed by atoms with Crippen molar-refractivity contribution >= 4 is 23.1 Å². The number of hydrogen-bond acceptors (Lipinski definition) is 4. The van der Waals surface area contributed by atoms with Gasteiger partial charge in [-0.1, -0.05) is 0 Å². The number of thiophene rings is 1. The Kier molecular flexibility index (Phi) is 4.97. The largest absolute Gasteiger partial charge is 0.376 e. The monoisotopic (exact) mass is 334 g/mol. The molecule has 0 saturated carbocycles. The van der Waals surface area contributed by atoms with Gasteiger partial charge in [0.1, 0.15) is 0 Å². The first-order chi connectivity index (χ1) is 11.1. The van der Waals surface area contributed by atoms with Gasteiger partial charge in [-0.25, -0.2) is 4.79 Å². The Balaban J connectivity index is 1.70. The van der Waals surface area contributed by atoms with Gasteiger partial charge in [-0.15, -0.1) is 0 Å². The Bertz CT molecular complexity index is 647. The van der Waals surface area contributed by atoms with Gasteiger partial charge in [0.15, 0.2) is 0 Å². The van der Waals surface area contributed by atoms with E-state index in [0.29, 0.717) is 13.1 Å². The molecular weight excluding hydrogens is 312 g/mol. The van der Waals surface area contributed by atoms with Crippen LogP contribution < -0.4 is 5.32 Å². The van der Waals surface area contributed by atoms with E-state index in [1.165, 1.54) is 0 Å². The predicted molar refractivity (Wildman–Crippen MR) is 90.7 cm³/mol.